The van der Waals surface area contributed by atoms with Gasteiger partial charge in [0.1, 0.15) is 0 Å². The number of esters is 1. The van der Waals surface area contributed by atoms with E-state index in [0.29, 0.717) is 0 Å². The Morgan fingerprint density at radius 1 is 1.44 bits per heavy atom. The highest BCUT2D eigenvalue weighted by Crippen LogP contribution is 2.24. The molecule has 2 N–H and O–H groups in total. The van der Waals surface area contributed by atoms with Crippen LogP contribution in [-0.2, 0) is 4.74 Å². The number of nitrogen functional groups attached to an aromatic ring is 1. The summed E-state index contributed by atoms with van der Waals surface area (Å²) in [6, 6.07) is 2.27. The molecule has 1 rings (SSSR count). The number of carbonyl (C=O) groups excluding carboxylic acids is 1. The molecule has 0 fully saturated rings. The molecular weight excluding hydrogens is 213 g/mol. The van der Waals surface area contributed by atoms with Crippen molar-refractivity contribution in [1.29, 1.82) is 0 Å². The van der Waals surface area contributed by atoms with E-state index in [1.165, 1.54) is 13.2 Å². The van der Waals surface area contributed by atoms with E-state index < -0.39 is 11.8 Å². The van der Waals surface area contributed by atoms with Gasteiger partial charge in [-0.3, -0.25) is 0 Å². The third kappa shape index (κ3) is 2.62. The Bertz CT molecular complexity index is 404. The van der Waals surface area contributed by atoms with Crippen LogP contribution in [0.25, 0.3) is 0 Å². The Labute approximate surface area is 93.2 Å². The van der Waals surface area contributed by atoms with E-state index in [9.17, 15) is 9.18 Å². The van der Waals surface area contributed by atoms with Gasteiger partial charge in [0.25, 0.3) is 0 Å². The molecule has 0 bridgehead atoms. The van der Waals surface area contributed by atoms with Gasteiger partial charge in [-0.15, -0.1) is 0 Å². The van der Waals surface area contributed by atoms with Crippen LogP contribution >= 0.6 is 0 Å². The average molecular weight is 227 g/mol. The van der Waals surface area contributed by atoms with Crippen molar-refractivity contribution in [3.8, 4) is 5.75 Å². The van der Waals surface area contributed by atoms with Gasteiger partial charge in [-0.1, -0.05) is 0 Å². The fourth-order valence-electron chi connectivity index (χ4n) is 1.18. The standard InChI is InChI=1S/C11H14FNO3/c1-6(2)16-11(14)7-4-8(12)10(15-3)5-9(7)13/h4-6H,13H2,1-3H3. The maximum atomic E-state index is 13.3. The molecule has 0 saturated carbocycles. The minimum Gasteiger partial charge on any atom is -0.494 e. The average Bonchev–Trinajstić information content (AvgIpc) is 2.19. The molecular formula is C11H14FNO3. The monoisotopic (exact) mass is 227 g/mol. The minimum atomic E-state index is -0.646. The smallest absolute Gasteiger partial charge is 0.340 e. The summed E-state index contributed by atoms with van der Waals surface area (Å²) in [6.07, 6.45) is -0.280. The van der Waals surface area contributed by atoms with Crippen molar-refractivity contribution in [2.45, 2.75) is 20.0 Å². The van der Waals surface area contributed by atoms with Crippen LogP contribution in [0, 0.1) is 5.82 Å². The molecule has 0 saturated heterocycles. The number of benzene rings is 1. The summed E-state index contributed by atoms with van der Waals surface area (Å²) in [6.45, 7) is 3.40. The Kier molecular flexibility index (Phi) is 3.71. The number of ether oxygens (including phenoxy) is 2. The maximum Gasteiger partial charge on any atom is 0.340 e. The van der Waals surface area contributed by atoms with E-state index in [0.717, 1.165) is 6.07 Å². The normalized spacial score (nSPS) is 10.3. The second-order valence-electron chi connectivity index (χ2n) is 3.53. The maximum absolute atomic E-state index is 13.3. The third-order valence-corrected chi connectivity index (χ3v) is 1.89. The van der Waals surface area contributed by atoms with Gasteiger partial charge in [0.2, 0.25) is 0 Å². The number of carbonyl (C=O) groups is 1. The Morgan fingerprint density at radius 2 is 2.06 bits per heavy atom. The zero-order chi connectivity index (χ0) is 12.3. The van der Waals surface area contributed by atoms with Crippen molar-refractivity contribution in [1.82, 2.24) is 0 Å². The first kappa shape index (κ1) is 12.3. The van der Waals surface area contributed by atoms with Gasteiger partial charge in [-0.2, -0.15) is 0 Å². The number of nitrogens with two attached hydrogens (primary N) is 1. The third-order valence-electron chi connectivity index (χ3n) is 1.89. The van der Waals surface area contributed by atoms with Crippen LogP contribution in [0.15, 0.2) is 12.1 Å². The molecule has 0 amide bonds. The topological polar surface area (TPSA) is 61.5 Å². The largest absolute Gasteiger partial charge is 0.494 e. The van der Waals surface area contributed by atoms with Crippen molar-refractivity contribution < 1.29 is 18.7 Å². The molecule has 0 aromatic heterocycles. The summed E-state index contributed by atoms with van der Waals surface area (Å²) in [5.41, 5.74) is 5.73. The molecule has 5 heteroatoms. The Morgan fingerprint density at radius 3 is 2.56 bits per heavy atom. The lowest BCUT2D eigenvalue weighted by atomic mass is 10.1. The van der Waals surface area contributed by atoms with Gasteiger partial charge in [0.15, 0.2) is 11.6 Å². The van der Waals surface area contributed by atoms with Crippen LogP contribution in [0.1, 0.15) is 24.2 Å². The molecule has 0 aliphatic rings. The molecule has 0 aliphatic heterocycles. The van der Waals surface area contributed by atoms with Gasteiger partial charge in [-0.25, -0.2) is 9.18 Å². The highest BCUT2D eigenvalue weighted by Gasteiger charge is 2.16. The zero-order valence-corrected chi connectivity index (χ0v) is 9.41. The molecule has 0 atom stereocenters. The van der Waals surface area contributed by atoms with Gasteiger partial charge in [-0.05, 0) is 19.9 Å². The first-order valence-corrected chi connectivity index (χ1v) is 4.79. The van der Waals surface area contributed by atoms with E-state index in [-0.39, 0.29) is 23.1 Å². The van der Waals surface area contributed by atoms with Crippen molar-refractivity contribution in [2.75, 3.05) is 12.8 Å². The SMILES string of the molecule is COc1cc(N)c(C(=O)OC(C)C)cc1F. The number of rotatable bonds is 3. The number of hydrogen-bond acceptors (Lipinski definition) is 4. The molecule has 88 valence electrons. The second-order valence-corrected chi connectivity index (χ2v) is 3.53. The fraction of sp³-hybridized carbons (Fsp3) is 0.364. The molecule has 0 aliphatic carbocycles. The first-order valence-electron chi connectivity index (χ1n) is 4.79. The minimum absolute atomic E-state index is 0.00130. The molecule has 16 heavy (non-hydrogen) atoms. The first-order chi connectivity index (χ1) is 7.45. The van der Waals surface area contributed by atoms with Crippen molar-refractivity contribution in [3.63, 3.8) is 0 Å². The summed E-state index contributed by atoms with van der Waals surface area (Å²) in [7, 11) is 1.32. The highest BCUT2D eigenvalue weighted by atomic mass is 19.1. The Balaban J connectivity index is 3.06. The quantitative estimate of drug-likeness (QED) is 0.633. The van der Waals surface area contributed by atoms with E-state index in [1.807, 2.05) is 0 Å². The molecule has 1 aromatic carbocycles. The molecule has 0 spiro atoms. The number of hydrogen-bond donors (Lipinski definition) is 1. The Hall–Kier alpha value is -1.78. The van der Waals surface area contributed by atoms with Gasteiger partial charge in [0.05, 0.1) is 24.5 Å². The van der Waals surface area contributed by atoms with Crippen molar-refractivity contribution in [3.05, 3.63) is 23.5 Å². The lowest BCUT2D eigenvalue weighted by Crippen LogP contribution is -2.14. The van der Waals surface area contributed by atoms with Crippen molar-refractivity contribution >= 4 is 11.7 Å². The van der Waals surface area contributed by atoms with E-state index in [4.69, 9.17) is 15.2 Å². The van der Waals surface area contributed by atoms with Gasteiger partial charge >= 0.3 is 5.97 Å². The molecule has 0 unspecified atom stereocenters. The number of methoxy groups -OCH3 is 1. The molecule has 0 heterocycles. The van der Waals surface area contributed by atoms with E-state index in [1.54, 1.807) is 13.8 Å². The van der Waals surface area contributed by atoms with Crippen molar-refractivity contribution in [2.24, 2.45) is 0 Å². The van der Waals surface area contributed by atoms with E-state index >= 15 is 0 Å². The lowest BCUT2D eigenvalue weighted by Gasteiger charge is -2.11. The fourth-order valence-corrected chi connectivity index (χ4v) is 1.18. The summed E-state index contributed by atoms with van der Waals surface area (Å²) < 4.78 is 23.0. The molecule has 0 radical (unpaired) electrons. The van der Waals surface area contributed by atoms with E-state index in [2.05, 4.69) is 0 Å². The molecule has 4 nitrogen and oxygen atoms in total. The van der Waals surface area contributed by atoms with Crippen LogP contribution in [0.4, 0.5) is 10.1 Å². The number of anilines is 1. The van der Waals surface area contributed by atoms with Crippen LogP contribution < -0.4 is 10.5 Å². The second kappa shape index (κ2) is 4.83. The summed E-state index contributed by atoms with van der Waals surface area (Å²) in [5, 5.41) is 0. The van der Waals surface area contributed by atoms with Crippen LogP contribution in [-0.4, -0.2) is 19.2 Å². The predicted octanol–water partition coefficient (Wildman–Crippen LogP) is 1.98. The number of halogens is 1. The zero-order valence-electron chi connectivity index (χ0n) is 9.41. The van der Waals surface area contributed by atoms with Crippen LogP contribution in [0.2, 0.25) is 0 Å². The van der Waals surface area contributed by atoms with Gasteiger partial charge < -0.3 is 15.2 Å². The van der Waals surface area contributed by atoms with Crippen LogP contribution in [0.5, 0.6) is 5.75 Å². The highest BCUT2D eigenvalue weighted by molar-refractivity contribution is 5.95. The van der Waals surface area contributed by atoms with Gasteiger partial charge in [0, 0.05) is 6.07 Å². The predicted molar refractivity (Wildman–Crippen MR) is 57.9 cm³/mol. The summed E-state index contributed by atoms with van der Waals surface area (Å²) in [4.78, 5) is 11.5. The summed E-state index contributed by atoms with van der Waals surface area (Å²) in [5.74, 6) is -1.29. The molecule has 1 aromatic rings. The lowest BCUT2D eigenvalue weighted by molar-refractivity contribution is 0.0378. The van der Waals surface area contributed by atoms with Crippen LogP contribution in [0.3, 0.4) is 0 Å². The summed E-state index contributed by atoms with van der Waals surface area (Å²) >= 11 is 0.